The number of fused-ring (bicyclic) bond motifs is 1. The van der Waals surface area contributed by atoms with Crippen molar-refractivity contribution in [1.29, 1.82) is 0 Å². The van der Waals surface area contributed by atoms with E-state index in [1.54, 1.807) is 0 Å². The highest BCUT2D eigenvalue weighted by Gasteiger charge is 2.23. The number of nitrogen functional groups attached to an aromatic ring is 1. The molecule has 0 saturated carbocycles. The zero-order chi connectivity index (χ0) is 11.0. The molecule has 1 aliphatic heterocycles. The normalized spacial score (nSPS) is 19.1. The van der Waals surface area contributed by atoms with Crippen LogP contribution >= 0.6 is 0 Å². The summed E-state index contributed by atoms with van der Waals surface area (Å²) < 4.78 is 5.33. The summed E-state index contributed by atoms with van der Waals surface area (Å²) in [6, 6.07) is 2.47. The van der Waals surface area contributed by atoms with E-state index < -0.39 is 4.92 Å². The molecule has 6 heteroatoms. The maximum absolute atomic E-state index is 10.6. The predicted molar refractivity (Wildman–Crippen MR) is 54.5 cm³/mol. The summed E-state index contributed by atoms with van der Waals surface area (Å²) in [4.78, 5) is 10.1. The molecule has 0 bridgehead atoms. The summed E-state index contributed by atoms with van der Waals surface area (Å²) in [6.45, 7) is 0.496. The van der Waals surface area contributed by atoms with Crippen LogP contribution in [0.2, 0.25) is 0 Å². The topological polar surface area (TPSA) is 104 Å². The average Bonchev–Trinajstić information content (AvgIpc) is 2.19. The summed E-state index contributed by atoms with van der Waals surface area (Å²) in [5, 5.41) is 10.6. The standard InChI is InChI=1S/C9H11N3O3/c10-7-1-2-15-9-6(7)3-5(12(13)14)4-8(9)11/h3-4,7H,1-2,10-11H2/t7-/m0/s1. The molecule has 0 fully saturated rings. The molecule has 1 aromatic rings. The highest BCUT2D eigenvalue weighted by atomic mass is 16.6. The van der Waals surface area contributed by atoms with Crippen LogP contribution in [0.15, 0.2) is 12.1 Å². The molecule has 0 aliphatic carbocycles. The van der Waals surface area contributed by atoms with Gasteiger partial charge in [0.1, 0.15) is 5.75 Å². The molecule has 80 valence electrons. The van der Waals surface area contributed by atoms with E-state index in [2.05, 4.69) is 0 Å². The van der Waals surface area contributed by atoms with Crippen LogP contribution in [0, 0.1) is 10.1 Å². The molecule has 15 heavy (non-hydrogen) atoms. The number of benzene rings is 1. The number of rotatable bonds is 1. The minimum atomic E-state index is -0.488. The van der Waals surface area contributed by atoms with Gasteiger partial charge in [0.2, 0.25) is 0 Å². The molecular formula is C9H11N3O3. The van der Waals surface area contributed by atoms with Gasteiger partial charge in [0.15, 0.2) is 0 Å². The number of ether oxygens (including phenoxy) is 1. The van der Waals surface area contributed by atoms with Crippen LogP contribution in [0.5, 0.6) is 5.75 Å². The molecule has 0 saturated heterocycles. The first-order valence-electron chi connectivity index (χ1n) is 4.56. The van der Waals surface area contributed by atoms with Gasteiger partial charge in [0.05, 0.1) is 17.2 Å². The van der Waals surface area contributed by atoms with Gasteiger partial charge >= 0.3 is 0 Å². The van der Waals surface area contributed by atoms with Crippen molar-refractivity contribution in [3.8, 4) is 5.75 Å². The Balaban J connectivity index is 2.56. The first-order chi connectivity index (χ1) is 7.09. The van der Waals surface area contributed by atoms with E-state index in [9.17, 15) is 10.1 Å². The minimum absolute atomic E-state index is 0.0489. The zero-order valence-corrected chi connectivity index (χ0v) is 7.97. The zero-order valence-electron chi connectivity index (χ0n) is 7.97. The fraction of sp³-hybridized carbons (Fsp3) is 0.333. The molecule has 2 rings (SSSR count). The summed E-state index contributed by atoms with van der Waals surface area (Å²) in [5.41, 5.74) is 12.3. The Bertz CT molecular complexity index is 419. The van der Waals surface area contributed by atoms with E-state index in [0.29, 0.717) is 24.3 Å². The van der Waals surface area contributed by atoms with Gasteiger partial charge in [-0.3, -0.25) is 10.1 Å². The van der Waals surface area contributed by atoms with Gasteiger partial charge in [-0.15, -0.1) is 0 Å². The minimum Gasteiger partial charge on any atom is -0.491 e. The van der Waals surface area contributed by atoms with E-state index in [1.807, 2.05) is 0 Å². The van der Waals surface area contributed by atoms with E-state index in [0.717, 1.165) is 0 Å². The Labute approximate surface area is 86.0 Å². The Morgan fingerprint density at radius 1 is 1.53 bits per heavy atom. The van der Waals surface area contributed by atoms with Gasteiger partial charge < -0.3 is 16.2 Å². The van der Waals surface area contributed by atoms with Crippen molar-refractivity contribution in [2.75, 3.05) is 12.3 Å². The third-order valence-corrected chi connectivity index (χ3v) is 2.42. The molecule has 0 spiro atoms. The van der Waals surface area contributed by atoms with Gasteiger partial charge in [0.25, 0.3) is 5.69 Å². The third-order valence-electron chi connectivity index (χ3n) is 2.42. The van der Waals surface area contributed by atoms with E-state index in [-0.39, 0.29) is 17.4 Å². The van der Waals surface area contributed by atoms with E-state index in [1.165, 1.54) is 12.1 Å². The molecule has 1 heterocycles. The summed E-state index contributed by atoms with van der Waals surface area (Å²) in [6.07, 6.45) is 0.646. The van der Waals surface area contributed by atoms with Crippen molar-refractivity contribution in [3.63, 3.8) is 0 Å². The highest BCUT2D eigenvalue weighted by Crippen LogP contribution is 2.38. The molecule has 0 radical (unpaired) electrons. The Kier molecular flexibility index (Phi) is 2.20. The van der Waals surface area contributed by atoms with Crippen LogP contribution in [0.1, 0.15) is 18.0 Å². The first-order valence-corrected chi connectivity index (χ1v) is 4.56. The van der Waals surface area contributed by atoms with Gasteiger partial charge in [-0.25, -0.2) is 0 Å². The number of nitrogens with zero attached hydrogens (tertiary/aromatic N) is 1. The van der Waals surface area contributed by atoms with Gasteiger partial charge in [-0.05, 0) is 0 Å². The molecule has 1 atom stereocenters. The molecule has 1 aliphatic rings. The second kappa shape index (κ2) is 3.39. The molecular weight excluding hydrogens is 198 g/mol. The lowest BCUT2D eigenvalue weighted by Crippen LogP contribution is -2.21. The number of nitro benzene ring substituents is 1. The number of hydrogen-bond donors (Lipinski definition) is 2. The van der Waals surface area contributed by atoms with Crippen molar-refractivity contribution in [2.45, 2.75) is 12.5 Å². The first kappa shape index (κ1) is 9.72. The summed E-state index contributed by atoms with van der Waals surface area (Å²) >= 11 is 0. The monoisotopic (exact) mass is 209 g/mol. The average molecular weight is 209 g/mol. The maximum Gasteiger partial charge on any atom is 0.272 e. The quantitative estimate of drug-likeness (QED) is 0.407. The lowest BCUT2D eigenvalue weighted by Gasteiger charge is -2.23. The number of nitro groups is 1. The Hall–Kier alpha value is -1.82. The van der Waals surface area contributed by atoms with Gasteiger partial charge in [0, 0.05) is 30.2 Å². The Morgan fingerprint density at radius 3 is 2.93 bits per heavy atom. The molecule has 1 aromatic carbocycles. The smallest absolute Gasteiger partial charge is 0.272 e. The Morgan fingerprint density at radius 2 is 2.27 bits per heavy atom. The van der Waals surface area contributed by atoms with Crippen LogP contribution in [0.25, 0.3) is 0 Å². The maximum atomic E-state index is 10.6. The van der Waals surface area contributed by atoms with Crippen LogP contribution in [0.3, 0.4) is 0 Å². The third kappa shape index (κ3) is 1.59. The van der Waals surface area contributed by atoms with E-state index >= 15 is 0 Å². The second-order valence-electron chi connectivity index (χ2n) is 3.45. The van der Waals surface area contributed by atoms with Crippen LogP contribution in [-0.4, -0.2) is 11.5 Å². The van der Waals surface area contributed by atoms with E-state index in [4.69, 9.17) is 16.2 Å². The van der Waals surface area contributed by atoms with Crippen molar-refractivity contribution < 1.29 is 9.66 Å². The second-order valence-corrected chi connectivity index (χ2v) is 3.45. The lowest BCUT2D eigenvalue weighted by molar-refractivity contribution is -0.384. The van der Waals surface area contributed by atoms with Crippen LogP contribution in [-0.2, 0) is 0 Å². The van der Waals surface area contributed by atoms with Crippen molar-refractivity contribution in [1.82, 2.24) is 0 Å². The summed E-state index contributed by atoms with van der Waals surface area (Å²) in [7, 11) is 0. The largest absolute Gasteiger partial charge is 0.491 e. The highest BCUT2D eigenvalue weighted by molar-refractivity contribution is 5.63. The molecule has 0 aromatic heterocycles. The molecule has 0 amide bonds. The fourth-order valence-electron chi connectivity index (χ4n) is 1.65. The van der Waals surface area contributed by atoms with Crippen molar-refractivity contribution >= 4 is 11.4 Å². The number of nitrogens with two attached hydrogens (primary N) is 2. The van der Waals surface area contributed by atoms with Crippen LogP contribution in [0.4, 0.5) is 11.4 Å². The number of anilines is 1. The number of hydrogen-bond acceptors (Lipinski definition) is 5. The lowest BCUT2D eigenvalue weighted by atomic mass is 10.00. The van der Waals surface area contributed by atoms with Crippen molar-refractivity contribution in [3.05, 3.63) is 27.8 Å². The molecule has 0 unspecified atom stereocenters. The van der Waals surface area contributed by atoms with Gasteiger partial charge in [-0.1, -0.05) is 0 Å². The molecule has 4 N–H and O–H groups in total. The fourth-order valence-corrected chi connectivity index (χ4v) is 1.65. The van der Waals surface area contributed by atoms with Crippen molar-refractivity contribution in [2.24, 2.45) is 5.73 Å². The summed E-state index contributed by atoms with van der Waals surface area (Å²) in [5.74, 6) is 0.486. The van der Waals surface area contributed by atoms with Gasteiger partial charge in [-0.2, -0.15) is 0 Å². The molecule has 6 nitrogen and oxygen atoms in total. The predicted octanol–water partition coefficient (Wildman–Crippen LogP) is 0.959. The SMILES string of the molecule is Nc1cc([N+](=O)[O-])cc2c1OCC[C@@H]2N. The van der Waals surface area contributed by atoms with Crippen LogP contribution < -0.4 is 16.2 Å². The number of non-ortho nitro benzene ring substituents is 1.